The number of fused-ring (bicyclic) bond motifs is 5. The zero-order valence-corrected chi connectivity index (χ0v) is 19.5. The summed E-state index contributed by atoms with van der Waals surface area (Å²) in [4.78, 5) is 11.1. The van der Waals surface area contributed by atoms with Gasteiger partial charge in [-0.2, -0.15) is 0 Å². The molecule has 0 spiro atoms. The zero-order chi connectivity index (χ0) is 21.8. The molecule has 0 aromatic carbocycles. The van der Waals surface area contributed by atoms with Gasteiger partial charge in [-0.25, -0.2) is 0 Å². The summed E-state index contributed by atoms with van der Waals surface area (Å²) >= 11 is 0. The maximum atomic E-state index is 11.7. The Morgan fingerprint density at radius 2 is 1.67 bits per heavy atom. The van der Waals surface area contributed by atoms with Crippen LogP contribution in [0.3, 0.4) is 0 Å². The fourth-order valence-corrected chi connectivity index (χ4v) is 9.48. The Morgan fingerprint density at radius 3 is 2.33 bits per heavy atom. The van der Waals surface area contributed by atoms with Crippen LogP contribution in [0.25, 0.3) is 0 Å². The standard InChI is InChI=1S/C26H44O4/c1-5-17-21-14-16(27)10-12-26(21,4)20-11-13-25(3)18(15(2)6-9-22(28)29)7-8-19(25)23(20)24(17)30/h15-21,23-24,27,30H,5-14H2,1-4H3,(H,28,29)/t15-,16-,17-,18-,19?,20?,21?,23?,24-,25-,26?/m1/s1. The van der Waals surface area contributed by atoms with Crippen molar-refractivity contribution in [3.05, 3.63) is 0 Å². The lowest BCUT2D eigenvalue weighted by atomic mass is 9.41. The first-order valence-electron chi connectivity index (χ1n) is 12.7. The topological polar surface area (TPSA) is 77.8 Å². The van der Waals surface area contributed by atoms with E-state index in [1.54, 1.807) is 0 Å². The minimum Gasteiger partial charge on any atom is -0.481 e. The fourth-order valence-electron chi connectivity index (χ4n) is 9.48. The maximum Gasteiger partial charge on any atom is 0.303 e. The number of aliphatic hydroxyl groups excluding tert-OH is 2. The van der Waals surface area contributed by atoms with Gasteiger partial charge in [0.05, 0.1) is 12.2 Å². The number of hydrogen-bond acceptors (Lipinski definition) is 3. The van der Waals surface area contributed by atoms with E-state index in [1.807, 2.05) is 0 Å². The Morgan fingerprint density at radius 1 is 1.00 bits per heavy atom. The average Bonchev–Trinajstić information content (AvgIpc) is 3.05. The number of carbonyl (C=O) groups is 1. The Balaban J connectivity index is 1.61. The van der Waals surface area contributed by atoms with Crippen LogP contribution in [0.2, 0.25) is 0 Å². The molecule has 0 saturated heterocycles. The number of rotatable bonds is 5. The van der Waals surface area contributed by atoms with Crippen LogP contribution in [0, 0.1) is 52.3 Å². The van der Waals surface area contributed by atoms with Crippen molar-refractivity contribution in [1.29, 1.82) is 0 Å². The molecular formula is C26H44O4. The van der Waals surface area contributed by atoms with Crippen molar-refractivity contribution in [2.24, 2.45) is 52.3 Å². The highest BCUT2D eigenvalue weighted by Gasteiger charge is 2.64. The summed E-state index contributed by atoms with van der Waals surface area (Å²) in [6.07, 6.45) is 9.27. The van der Waals surface area contributed by atoms with Gasteiger partial charge in [-0.3, -0.25) is 4.79 Å². The molecule has 11 atom stereocenters. The molecule has 0 radical (unpaired) electrons. The monoisotopic (exact) mass is 420 g/mol. The van der Waals surface area contributed by atoms with Crippen molar-refractivity contribution in [1.82, 2.24) is 0 Å². The van der Waals surface area contributed by atoms with Crippen LogP contribution >= 0.6 is 0 Å². The first kappa shape index (κ1) is 22.6. The van der Waals surface area contributed by atoms with E-state index in [0.717, 1.165) is 32.1 Å². The number of aliphatic carboxylic acids is 1. The van der Waals surface area contributed by atoms with Gasteiger partial charge in [-0.15, -0.1) is 0 Å². The second kappa shape index (κ2) is 8.06. The molecule has 4 saturated carbocycles. The van der Waals surface area contributed by atoms with Crippen molar-refractivity contribution in [2.75, 3.05) is 0 Å². The molecule has 4 aliphatic rings. The van der Waals surface area contributed by atoms with Crippen molar-refractivity contribution in [3.63, 3.8) is 0 Å². The third-order valence-corrected chi connectivity index (χ3v) is 11.0. The van der Waals surface area contributed by atoms with E-state index in [4.69, 9.17) is 5.11 Å². The van der Waals surface area contributed by atoms with Crippen molar-refractivity contribution >= 4 is 5.97 Å². The van der Waals surface area contributed by atoms with Crippen LogP contribution < -0.4 is 0 Å². The van der Waals surface area contributed by atoms with Gasteiger partial charge in [-0.05, 0) is 104 Å². The van der Waals surface area contributed by atoms with Gasteiger partial charge in [0.2, 0.25) is 0 Å². The van der Waals surface area contributed by atoms with Crippen LogP contribution in [0.1, 0.15) is 91.9 Å². The molecule has 0 aromatic heterocycles. The molecule has 5 unspecified atom stereocenters. The highest BCUT2D eigenvalue weighted by molar-refractivity contribution is 5.66. The van der Waals surface area contributed by atoms with Gasteiger partial charge in [0.1, 0.15) is 0 Å². The van der Waals surface area contributed by atoms with Crippen molar-refractivity contribution < 1.29 is 20.1 Å². The van der Waals surface area contributed by atoms with Gasteiger partial charge < -0.3 is 15.3 Å². The molecule has 0 aromatic rings. The lowest BCUT2D eigenvalue weighted by molar-refractivity contribution is -0.203. The molecule has 4 aliphatic carbocycles. The molecule has 0 aliphatic heterocycles. The Kier molecular flexibility index (Phi) is 6.07. The summed E-state index contributed by atoms with van der Waals surface area (Å²) in [5.74, 6) is 2.58. The van der Waals surface area contributed by atoms with Gasteiger partial charge in [0.25, 0.3) is 0 Å². The van der Waals surface area contributed by atoms with Crippen molar-refractivity contribution in [2.45, 2.75) is 104 Å². The zero-order valence-electron chi connectivity index (χ0n) is 19.5. The SMILES string of the molecule is CC[C@@H]1C2C[C@H](O)CCC2(C)C2CC[C@@]3(C)C(CC[C@@H]3[C@H](C)CCC(=O)O)C2[C@@H]1O. The van der Waals surface area contributed by atoms with E-state index in [2.05, 4.69) is 27.7 Å². The van der Waals surface area contributed by atoms with E-state index >= 15 is 0 Å². The van der Waals surface area contributed by atoms with E-state index in [0.29, 0.717) is 41.4 Å². The van der Waals surface area contributed by atoms with Gasteiger partial charge in [0, 0.05) is 6.42 Å². The largest absolute Gasteiger partial charge is 0.481 e. The van der Waals surface area contributed by atoms with Gasteiger partial charge >= 0.3 is 5.97 Å². The second-order valence-corrected chi connectivity index (χ2v) is 12.0. The Labute approximate surface area is 182 Å². The molecule has 0 bridgehead atoms. The molecule has 4 fully saturated rings. The summed E-state index contributed by atoms with van der Waals surface area (Å²) in [6, 6.07) is 0. The minimum absolute atomic E-state index is 0.194. The summed E-state index contributed by atoms with van der Waals surface area (Å²) in [6.45, 7) is 9.44. The summed E-state index contributed by atoms with van der Waals surface area (Å²) < 4.78 is 0. The maximum absolute atomic E-state index is 11.7. The molecule has 0 heterocycles. The van der Waals surface area contributed by atoms with E-state index in [9.17, 15) is 15.0 Å². The van der Waals surface area contributed by atoms with Crippen LogP contribution in [-0.2, 0) is 4.79 Å². The van der Waals surface area contributed by atoms with Crippen LogP contribution in [0.4, 0.5) is 0 Å². The molecule has 30 heavy (non-hydrogen) atoms. The molecule has 4 heteroatoms. The van der Waals surface area contributed by atoms with E-state index < -0.39 is 5.97 Å². The Bertz CT molecular complexity index is 649. The predicted octanol–water partition coefficient (Wildman–Crippen LogP) is 5.11. The number of carboxylic acids is 1. The molecule has 0 amide bonds. The molecule has 4 rings (SSSR count). The lowest BCUT2D eigenvalue weighted by Crippen LogP contribution is -2.62. The van der Waals surface area contributed by atoms with Gasteiger partial charge in [0.15, 0.2) is 0 Å². The second-order valence-electron chi connectivity index (χ2n) is 12.0. The first-order chi connectivity index (χ1) is 14.1. The molecule has 172 valence electrons. The molecule has 3 N–H and O–H groups in total. The number of aliphatic hydroxyl groups is 2. The number of hydrogen-bond donors (Lipinski definition) is 3. The van der Waals surface area contributed by atoms with Crippen molar-refractivity contribution in [3.8, 4) is 0 Å². The Hall–Kier alpha value is -0.610. The number of carboxylic acid groups (broad SMARTS) is 1. The van der Waals surface area contributed by atoms with Crippen LogP contribution in [-0.4, -0.2) is 33.5 Å². The van der Waals surface area contributed by atoms with E-state index in [-0.39, 0.29) is 29.5 Å². The molecular weight excluding hydrogens is 376 g/mol. The summed E-state index contributed by atoms with van der Waals surface area (Å²) in [5.41, 5.74) is 0.480. The summed E-state index contributed by atoms with van der Waals surface area (Å²) in [7, 11) is 0. The van der Waals surface area contributed by atoms with Crippen LogP contribution in [0.15, 0.2) is 0 Å². The lowest BCUT2D eigenvalue weighted by Gasteiger charge is -2.64. The predicted molar refractivity (Wildman–Crippen MR) is 118 cm³/mol. The highest BCUT2D eigenvalue weighted by Crippen LogP contribution is 2.69. The molecule has 4 nitrogen and oxygen atoms in total. The first-order valence-corrected chi connectivity index (χ1v) is 12.7. The van der Waals surface area contributed by atoms with Gasteiger partial charge in [-0.1, -0.05) is 34.1 Å². The summed E-state index contributed by atoms with van der Waals surface area (Å²) in [5, 5.41) is 31.3. The van der Waals surface area contributed by atoms with E-state index in [1.165, 1.54) is 25.7 Å². The average molecular weight is 421 g/mol. The third-order valence-electron chi connectivity index (χ3n) is 11.0. The normalized spacial score (nSPS) is 51.5. The quantitative estimate of drug-likeness (QED) is 0.577. The highest BCUT2D eigenvalue weighted by atomic mass is 16.4. The third kappa shape index (κ3) is 3.36. The smallest absolute Gasteiger partial charge is 0.303 e. The van der Waals surface area contributed by atoms with Crippen LogP contribution in [0.5, 0.6) is 0 Å². The minimum atomic E-state index is -0.683. The fraction of sp³-hybridized carbons (Fsp3) is 0.962.